The Kier molecular flexibility index (Phi) is 8.07. The van der Waals surface area contributed by atoms with Crippen LogP contribution < -0.4 is 5.32 Å². The molecule has 0 aromatic heterocycles. The SMILES string of the molecule is COCCN1C(O)N(CC(=O)NCCO)C[C@]12CC[C@](c1ccccc1)(N(C)C)CC2. The normalized spacial score (nSPS) is 29.7. The highest BCUT2D eigenvalue weighted by molar-refractivity contribution is 5.78. The Morgan fingerprint density at radius 1 is 1.23 bits per heavy atom. The Labute approximate surface area is 185 Å². The molecule has 1 saturated carbocycles. The number of methoxy groups -OCH3 is 1. The van der Waals surface area contributed by atoms with Crippen LogP contribution in [-0.2, 0) is 15.1 Å². The summed E-state index contributed by atoms with van der Waals surface area (Å²) in [6.07, 6.45) is 2.99. The van der Waals surface area contributed by atoms with E-state index in [4.69, 9.17) is 9.84 Å². The van der Waals surface area contributed by atoms with Crippen molar-refractivity contribution in [3.05, 3.63) is 35.9 Å². The number of aliphatic hydroxyl groups is 2. The maximum absolute atomic E-state index is 12.2. The van der Waals surface area contributed by atoms with E-state index in [-0.39, 0.29) is 36.7 Å². The third-order valence-electron chi connectivity index (χ3n) is 7.20. The molecule has 3 N–H and O–H groups in total. The lowest BCUT2D eigenvalue weighted by Crippen LogP contribution is -2.56. The van der Waals surface area contributed by atoms with Gasteiger partial charge in [-0.3, -0.25) is 19.5 Å². The van der Waals surface area contributed by atoms with Crippen LogP contribution in [-0.4, -0.2) is 103 Å². The van der Waals surface area contributed by atoms with Crippen LogP contribution in [0.15, 0.2) is 30.3 Å². The Bertz CT molecular complexity index is 707. The van der Waals surface area contributed by atoms with Crippen molar-refractivity contribution in [2.24, 2.45) is 0 Å². The molecule has 1 unspecified atom stereocenters. The van der Waals surface area contributed by atoms with Crippen LogP contribution in [0.25, 0.3) is 0 Å². The van der Waals surface area contributed by atoms with Gasteiger partial charge in [0.05, 0.1) is 19.8 Å². The van der Waals surface area contributed by atoms with Crippen LogP contribution in [0.5, 0.6) is 0 Å². The molecule has 8 nitrogen and oxygen atoms in total. The molecular weight excluding hydrogens is 396 g/mol. The first-order valence-corrected chi connectivity index (χ1v) is 11.2. The quantitative estimate of drug-likeness (QED) is 0.519. The minimum Gasteiger partial charge on any atom is -0.395 e. The first-order valence-electron chi connectivity index (χ1n) is 11.2. The van der Waals surface area contributed by atoms with Crippen molar-refractivity contribution in [1.29, 1.82) is 0 Å². The fourth-order valence-electron chi connectivity index (χ4n) is 5.42. The molecule has 31 heavy (non-hydrogen) atoms. The van der Waals surface area contributed by atoms with Gasteiger partial charge >= 0.3 is 0 Å². The van der Waals surface area contributed by atoms with Gasteiger partial charge in [0.1, 0.15) is 0 Å². The number of hydrogen-bond acceptors (Lipinski definition) is 7. The van der Waals surface area contributed by atoms with Gasteiger partial charge in [-0.05, 0) is 45.3 Å². The molecule has 1 aliphatic heterocycles. The standard InChI is InChI=1S/C23H38N4O4/c1-25(2)23(19-7-5-4-6-8-19)11-9-22(10-12-23)18-26(17-20(29)24-13-15-28)21(30)27(22)14-16-31-3/h4-8,21,28,30H,9-18H2,1-3H3,(H,24,29)/t21?,22-,23+. The fraction of sp³-hybridized carbons (Fsp3) is 0.696. The molecule has 1 saturated heterocycles. The summed E-state index contributed by atoms with van der Waals surface area (Å²) in [5, 5.41) is 22.7. The van der Waals surface area contributed by atoms with Crippen molar-refractivity contribution >= 4 is 5.91 Å². The Hall–Kier alpha value is -1.55. The highest BCUT2D eigenvalue weighted by Gasteiger charge is 2.54. The van der Waals surface area contributed by atoms with Crippen LogP contribution in [0.3, 0.4) is 0 Å². The van der Waals surface area contributed by atoms with Gasteiger partial charge in [-0.2, -0.15) is 0 Å². The number of rotatable bonds is 9. The van der Waals surface area contributed by atoms with Crippen molar-refractivity contribution in [3.63, 3.8) is 0 Å². The van der Waals surface area contributed by atoms with Crippen molar-refractivity contribution in [1.82, 2.24) is 20.0 Å². The van der Waals surface area contributed by atoms with E-state index in [9.17, 15) is 9.90 Å². The minimum atomic E-state index is -0.821. The third-order valence-corrected chi connectivity index (χ3v) is 7.20. The Morgan fingerprint density at radius 2 is 1.90 bits per heavy atom. The van der Waals surface area contributed by atoms with Crippen molar-refractivity contribution < 1.29 is 19.7 Å². The monoisotopic (exact) mass is 434 g/mol. The zero-order valence-electron chi connectivity index (χ0n) is 19.1. The van der Waals surface area contributed by atoms with Crippen molar-refractivity contribution in [3.8, 4) is 0 Å². The van der Waals surface area contributed by atoms with E-state index in [0.29, 0.717) is 19.7 Å². The topological polar surface area (TPSA) is 88.5 Å². The van der Waals surface area contributed by atoms with Gasteiger partial charge in [0, 0.05) is 37.8 Å². The molecule has 0 bridgehead atoms. The largest absolute Gasteiger partial charge is 0.395 e. The van der Waals surface area contributed by atoms with Gasteiger partial charge in [0.15, 0.2) is 6.35 Å². The molecule has 1 aromatic carbocycles. The average molecular weight is 435 g/mol. The average Bonchev–Trinajstić information content (AvgIpc) is 3.02. The lowest BCUT2D eigenvalue weighted by atomic mass is 9.68. The lowest BCUT2D eigenvalue weighted by molar-refractivity contribution is -0.129. The van der Waals surface area contributed by atoms with E-state index in [1.54, 1.807) is 7.11 Å². The molecule has 1 aromatic rings. The molecule has 174 valence electrons. The van der Waals surface area contributed by atoms with Gasteiger partial charge < -0.3 is 20.3 Å². The number of ether oxygens (including phenoxy) is 1. The Morgan fingerprint density at radius 3 is 2.48 bits per heavy atom. The maximum Gasteiger partial charge on any atom is 0.234 e. The number of amides is 1. The first kappa shape index (κ1) is 24.1. The number of aliphatic hydroxyl groups excluding tert-OH is 2. The summed E-state index contributed by atoms with van der Waals surface area (Å²) in [6, 6.07) is 10.7. The summed E-state index contributed by atoms with van der Waals surface area (Å²) in [5.74, 6) is -0.181. The zero-order valence-corrected chi connectivity index (χ0v) is 19.1. The van der Waals surface area contributed by atoms with E-state index in [1.165, 1.54) is 5.56 Å². The summed E-state index contributed by atoms with van der Waals surface area (Å²) in [4.78, 5) is 18.5. The van der Waals surface area contributed by atoms with E-state index in [1.807, 2.05) is 4.90 Å². The zero-order chi connectivity index (χ0) is 22.5. The van der Waals surface area contributed by atoms with Crippen LogP contribution >= 0.6 is 0 Å². The van der Waals surface area contributed by atoms with Gasteiger partial charge in [-0.1, -0.05) is 30.3 Å². The summed E-state index contributed by atoms with van der Waals surface area (Å²) in [6.45, 7) is 2.04. The highest BCUT2D eigenvalue weighted by Crippen LogP contribution is 2.49. The number of benzene rings is 1. The smallest absolute Gasteiger partial charge is 0.234 e. The molecule has 1 amide bonds. The first-order chi connectivity index (χ1) is 14.9. The molecule has 1 aliphatic carbocycles. The molecule has 2 aliphatic rings. The fourth-order valence-corrected chi connectivity index (χ4v) is 5.42. The number of nitrogens with one attached hydrogen (secondary N) is 1. The molecule has 2 fully saturated rings. The van der Waals surface area contributed by atoms with Crippen LogP contribution in [0.4, 0.5) is 0 Å². The molecule has 0 radical (unpaired) electrons. The number of hydrogen-bond donors (Lipinski definition) is 3. The van der Waals surface area contributed by atoms with Crippen LogP contribution in [0.1, 0.15) is 31.2 Å². The second kappa shape index (κ2) is 10.4. The minimum absolute atomic E-state index is 0.0314. The lowest BCUT2D eigenvalue weighted by Gasteiger charge is -2.51. The Balaban J connectivity index is 1.79. The molecular formula is C23H38N4O4. The van der Waals surface area contributed by atoms with Gasteiger partial charge in [0.2, 0.25) is 5.91 Å². The van der Waals surface area contributed by atoms with Gasteiger partial charge in [-0.25, -0.2) is 0 Å². The summed E-state index contributed by atoms with van der Waals surface area (Å²) < 4.78 is 5.32. The van der Waals surface area contributed by atoms with Gasteiger partial charge in [-0.15, -0.1) is 0 Å². The van der Waals surface area contributed by atoms with Crippen molar-refractivity contribution in [2.45, 2.75) is 43.1 Å². The molecule has 1 atom stereocenters. The van der Waals surface area contributed by atoms with E-state index < -0.39 is 6.35 Å². The van der Waals surface area contributed by atoms with E-state index in [0.717, 1.165) is 25.7 Å². The van der Waals surface area contributed by atoms with Crippen LogP contribution in [0, 0.1) is 0 Å². The molecule has 1 heterocycles. The van der Waals surface area contributed by atoms with Gasteiger partial charge in [0.25, 0.3) is 0 Å². The second-order valence-electron chi connectivity index (χ2n) is 9.03. The second-order valence-corrected chi connectivity index (χ2v) is 9.03. The molecule has 8 heteroatoms. The predicted molar refractivity (Wildman–Crippen MR) is 119 cm³/mol. The summed E-state index contributed by atoms with van der Waals surface area (Å²) in [7, 11) is 5.96. The summed E-state index contributed by atoms with van der Waals surface area (Å²) >= 11 is 0. The number of nitrogens with zero attached hydrogens (tertiary/aromatic N) is 3. The predicted octanol–water partition coefficient (Wildman–Crippen LogP) is 0.405. The highest BCUT2D eigenvalue weighted by atomic mass is 16.5. The molecule has 3 rings (SSSR count). The van der Waals surface area contributed by atoms with E-state index >= 15 is 0 Å². The molecule has 1 spiro atoms. The summed E-state index contributed by atoms with van der Waals surface area (Å²) in [5.41, 5.74) is 1.11. The number of carbonyl (C=O) groups excluding carboxylic acids is 1. The van der Waals surface area contributed by atoms with Crippen molar-refractivity contribution in [2.75, 3.05) is 60.6 Å². The third kappa shape index (κ3) is 4.94. The number of carbonyl (C=O) groups is 1. The van der Waals surface area contributed by atoms with Crippen LogP contribution in [0.2, 0.25) is 0 Å². The maximum atomic E-state index is 12.2. The van der Waals surface area contributed by atoms with E-state index in [2.05, 4.69) is 59.5 Å².